The molecule has 2 aliphatic heterocycles. The molecule has 1 amide bonds. The standard InChI is InChI=1S/C15H19NO5S/c1-15(5-8-22(18,19)10-15)16-14(17)11-3-4-12-13(9-11)21-7-2-6-20-12/h3-4,9H,2,5-8,10H2,1H3,(H,16,17)/t15-/m0/s1. The van der Waals surface area contributed by atoms with E-state index in [1.54, 1.807) is 25.1 Å². The first-order valence-corrected chi connectivity index (χ1v) is 9.12. The van der Waals surface area contributed by atoms with Crippen molar-refractivity contribution in [2.24, 2.45) is 0 Å². The monoisotopic (exact) mass is 325 g/mol. The molecule has 22 heavy (non-hydrogen) atoms. The third-order valence-corrected chi connectivity index (χ3v) is 5.83. The summed E-state index contributed by atoms with van der Waals surface area (Å²) in [6.07, 6.45) is 1.23. The predicted octanol–water partition coefficient (Wildman–Crippen LogP) is 1.15. The van der Waals surface area contributed by atoms with Gasteiger partial charge in [-0.05, 0) is 31.5 Å². The molecule has 120 valence electrons. The summed E-state index contributed by atoms with van der Waals surface area (Å²) in [5.74, 6) is 0.981. The lowest BCUT2D eigenvalue weighted by molar-refractivity contribution is 0.0915. The van der Waals surface area contributed by atoms with Crippen LogP contribution in [0.2, 0.25) is 0 Å². The Hall–Kier alpha value is -1.76. The minimum Gasteiger partial charge on any atom is -0.490 e. The minimum absolute atomic E-state index is 0.0176. The summed E-state index contributed by atoms with van der Waals surface area (Å²) in [5.41, 5.74) is -0.269. The number of sulfone groups is 1. The van der Waals surface area contributed by atoms with E-state index in [1.807, 2.05) is 0 Å². The molecule has 2 aliphatic rings. The normalized spacial score (nSPS) is 26.2. The molecule has 1 fully saturated rings. The van der Waals surface area contributed by atoms with Gasteiger partial charge in [-0.1, -0.05) is 0 Å². The van der Waals surface area contributed by atoms with Gasteiger partial charge in [0, 0.05) is 12.0 Å². The van der Waals surface area contributed by atoms with Crippen LogP contribution in [-0.2, 0) is 9.84 Å². The van der Waals surface area contributed by atoms with E-state index < -0.39 is 15.4 Å². The third kappa shape index (κ3) is 3.19. The molecule has 3 rings (SSSR count). The number of nitrogens with one attached hydrogen (secondary N) is 1. The summed E-state index contributed by atoms with van der Waals surface area (Å²) in [5, 5.41) is 2.84. The summed E-state index contributed by atoms with van der Waals surface area (Å²) < 4.78 is 34.3. The minimum atomic E-state index is -3.06. The molecule has 0 unspecified atom stereocenters. The number of ether oxygens (including phenoxy) is 2. The lowest BCUT2D eigenvalue weighted by Crippen LogP contribution is -2.46. The van der Waals surface area contributed by atoms with Gasteiger partial charge in [0.15, 0.2) is 21.3 Å². The van der Waals surface area contributed by atoms with E-state index in [-0.39, 0.29) is 17.4 Å². The zero-order chi connectivity index (χ0) is 15.8. The van der Waals surface area contributed by atoms with Crippen LogP contribution in [0.4, 0.5) is 0 Å². The van der Waals surface area contributed by atoms with Crippen LogP contribution in [0.25, 0.3) is 0 Å². The molecule has 7 heteroatoms. The first-order chi connectivity index (χ1) is 10.4. The van der Waals surface area contributed by atoms with E-state index in [0.29, 0.717) is 36.7 Å². The van der Waals surface area contributed by atoms with Crippen LogP contribution in [0.3, 0.4) is 0 Å². The summed E-state index contributed by atoms with van der Waals surface area (Å²) in [6, 6.07) is 5.02. The van der Waals surface area contributed by atoms with E-state index >= 15 is 0 Å². The molecule has 0 radical (unpaired) electrons. The Kier molecular flexibility index (Phi) is 3.76. The van der Waals surface area contributed by atoms with Crippen molar-refractivity contribution in [2.75, 3.05) is 24.7 Å². The SMILES string of the molecule is C[C@]1(NC(=O)c2ccc3c(c2)OCCCO3)CCS(=O)(=O)C1. The van der Waals surface area contributed by atoms with Gasteiger partial charge < -0.3 is 14.8 Å². The number of rotatable bonds is 2. The van der Waals surface area contributed by atoms with Gasteiger partial charge >= 0.3 is 0 Å². The van der Waals surface area contributed by atoms with Crippen LogP contribution in [0.1, 0.15) is 30.1 Å². The molecule has 6 nitrogen and oxygen atoms in total. The summed E-state index contributed by atoms with van der Waals surface area (Å²) >= 11 is 0. The van der Waals surface area contributed by atoms with Gasteiger partial charge in [-0.3, -0.25) is 4.79 Å². The van der Waals surface area contributed by atoms with Gasteiger partial charge in [-0.25, -0.2) is 8.42 Å². The fourth-order valence-electron chi connectivity index (χ4n) is 2.76. The Balaban J connectivity index is 1.77. The van der Waals surface area contributed by atoms with E-state index in [4.69, 9.17) is 9.47 Å². The maximum absolute atomic E-state index is 12.4. The third-order valence-electron chi connectivity index (χ3n) is 3.93. The van der Waals surface area contributed by atoms with E-state index in [1.165, 1.54) is 0 Å². The Bertz CT molecular complexity index is 700. The Morgan fingerprint density at radius 1 is 1.23 bits per heavy atom. The number of carbonyl (C=O) groups is 1. The van der Waals surface area contributed by atoms with Crippen molar-refractivity contribution in [3.05, 3.63) is 23.8 Å². The smallest absolute Gasteiger partial charge is 0.251 e. The summed E-state index contributed by atoms with van der Waals surface area (Å²) in [6.45, 7) is 2.90. The molecular weight excluding hydrogens is 306 g/mol. The zero-order valence-electron chi connectivity index (χ0n) is 12.4. The van der Waals surface area contributed by atoms with Crippen LogP contribution in [0, 0.1) is 0 Å². The van der Waals surface area contributed by atoms with Gasteiger partial charge in [0.25, 0.3) is 5.91 Å². The predicted molar refractivity (Wildman–Crippen MR) is 81.2 cm³/mol. The van der Waals surface area contributed by atoms with Crippen molar-refractivity contribution in [3.8, 4) is 11.5 Å². The van der Waals surface area contributed by atoms with Crippen LogP contribution >= 0.6 is 0 Å². The van der Waals surface area contributed by atoms with E-state index in [0.717, 1.165) is 6.42 Å². The number of benzene rings is 1. The molecule has 0 aromatic heterocycles. The fraction of sp³-hybridized carbons (Fsp3) is 0.533. The second-order valence-corrected chi connectivity index (χ2v) is 8.25. The maximum atomic E-state index is 12.4. The topological polar surface area (TPSA) is 81.7 Å². The van der Waals surface area contributed by atoms with Crippen molar-refractivity contribution >= 4 is 15.7 Å². The second kappa shape index (κ2) is 5.46. The van der Waals surface area contributed by atoms with E-state index in [9.17, 15) is 13.2 Å². The molecule has 1 aromatic rings. The van der Waals surface area contributed by atoms with Crippen LogP contribution in [0.5, 0.6) is 11.5 Å². The van der Waals surface area contributed by atoms with Gasteiger partial charge in [-0.15, -0.1) is 0 Å². The van der Waals surface area contributed by atoms with Crippen molar-refractivity contribution in [1.29, 1.82) is 0 Å². The van der Waals surface area contributed by atoms with Gasteiger partial charge in [-0.2, -0.15) is 0 Å². The van der Waals surface area contributed by atoms with Crippen molar-refractivity contribution < 1.29 is 22.7 Å². The van der Waals surface area contributed by atoms with Crippen LogP contribution in [-0.4, -0.2) is 44.6 Å². The van der Waals surface area contributed by atoms with Gasteiger partial charge in [0.2, 0.25) is 0 Å². The number of hydrogen-bond acceptors (Lipinski definition) is 5. The number of hydrogen-bond donors (Lipinski definition) is 1. The fourth-order valence-corrected chi connectivity index (χ4v) is 4.85. The highest BCUT2D eigenvalue weighted by Gasteiger charge is 2.39. The van der Waals surface area contributed by atoms with Gasteiger partial charge in [0.1, 0.15) is 0 Å². The molecular formula is C15H19NO5S. The quantitative estimate of drug-likeness (QED) is 0.882. The largest absolute Gasteiger partial charge is 0.490 e. The molecule has 0 spiro atoms. The highest BCUT2D eigenvalue weighted by molar-refractivity contribution is 7.91. The second-order valence-electron chi connectivity index (χ2n) is 6.07. The molecule has 1 atom stereocenters. The molecule has 0 aliphatic carbocycles. The summed E-state index contributed by atoms with van der Waals surface area (Å²) in [7, 11) is -3.06. The average Bonchev–Trinajstić information content (AvgIpc) is 2.64. The van der Waals surface area contributed by atoms with Gasteiger partial charge in [0.05, 0.1) is 30.3 Å². The molecule has 1 aromatic carbocycles. The average molecular weight is 325 g/mol. The number of amides is 1. The lowest BCUT2D eigenvalue weighted by Gasteiger charge is -2.24. The Morgan fingerprint density at radius 2 is 1.95 bits per heavy atom. The first-order valence-electron chi connectivity index (χ1n) is 7.30. The number of carbonyl (C=O) groups excluding carboxylic acids is 1. The lowest BCUT2D eigenvalue weighted by atomic mass is 10.0. The zero-order valence-corrected chi connectivity index (χ0v) is 13.2. The van der Waals surface area contributed by atoms with Crippen LogP contribution in [0.15, 0.2) is 18.2 Å². The van der Waals surface area contributed by atoms with Crippen LogP contribution < -0.4 is 14.8 Å². The molecule has 1 N–H and O–H groups in total. The highest BCUT2D eigenvalue weighted by atomic mass is 32.2. The van der Waals surface area contributed by atoms with Crippen molar-refractivity contribution in [3.63, 3.8) is 0 Å². The van der Waals surface area contributed by atoms with E-state index in [2.05, 4.69) is 5.32 Å². The molecule has 0 saturated carbocycles. The van der Waals surface area contributed by atoms with Crippen molar-refractivity contribution in [2.45, 2.75) is 25.3 Å². The Morgan fingerprint density at radius 3 is 2.64 bits per heavy atom. The maximum Gasteiger partial charge on any atom is 0.251 e. The molecule has 1 saturated heterocycles. The van der Waals surface area contributed by atoms with Crippen molar-refractivity contribution in [1.82, 2.24) is 5.32 Å². The summed E-state index contributed by atoms with van der Waals surface area (Å²) in [4.78, 5) is 12.4. The number of fused-ring (bicyclic) bond motifs is 1. The highest BCUT2D eigenvalue weighted by Crippen LogP contribution is 2.31. The molecule has 0 bridgehead atoms. The molecule has 2 heterocycles. The Labute approximate surface area is 129 Å². The first kappa shape index (κ1) is 15.1.